The molecule has 1 heterocycles. The van der Waals surface area contributed by atoms with Gasteiger partial charge in [0.1, 0.15) is 5.82 Å². The summed E-state index contributed by atoms with van der Waals surface area (Å²) in [6, 6.07) is 4.92. The fraction of sp³-hybridized carbons (Fsp3) is 0.385. The van der Waals surface area contributed by atoms with Gasteiger partial charge in [-0.15, -0.1) is 21.8 Å². The van der Waals surface area contributed by atoms with Crippen LogP contribution < -0.4 is 0 Å². The normalized spacial score (nSPS) is 12.2. The van der Waals surface area contributed by atoms with Crippen LogP contribution in [0.2, 0.25) is 0 Å². The highest BCUT2D eigenvalue weighted by atomic mass is 35.5. The summed E-state index contributed by atoms with van der Waals surface area (Å²) < 4.78 is 39.4. The molecule has 2 rings (SSSR count). The zero-order chi connectivity index (χ0) is 14.9. The maximum atomic E-state index is 12.5. The second-order valence-corrected chi connectivity index (χ2v) is 4.88. The Bertz CT molecular complexity index is 588. The van der Waals surface area contributed by atoms with Crippen LogP contribution in [0.25, 0.3) is 11.4 Å². The van der Waals surface area contributed by atoms with E-state index in [4.69, 9.17) is 11.6 Å². The molecule has 0 fully saturated rings. The lowest BCUT2D eigenvalue weighted by Gasteiger charge is -2.13. The van der Waals surface area contributed by atoms with Crippen molar-refractivity contribution in [2.45, 2.75) is 31.9 Å². The summed E-state index contributed by atoms with van der Waals surface area (Å²) in [5.74, 6) is 1.31. The van der Waals surface area contributed by atoms with E-state index >= 15 is 0 Å². The Morgan fingerprint density at radius 1 is 1.15 bits per heavy atom. The van der Waals surface area contributed by atoms with Crippen LogP contribution in [0.5, 0.6) is 0 Å². The highest BCUT2D eigenvalue weighted by molar-refractivity contribution is 6.16. The summed E-state index contributed by atoms with van der Waals surface area (Å²) in [6.07, 6.45) is -4.34. The Morgan fingerprint density at radius 3 is 2.20 bits per heavy atom. The van der Waals surface area contributed by atoms with Crippen LogP contribution in [0, 0.1) is 0 Å². The van der Waals surface area contributed by atoms with Crippen LogP contribution in [-0.4, -0.2) is 14.8 Å². The summed E-state index contributed by atoms with van der Waals surface area (Å²) in [6.45, 7) is 3.87. The number of rotatable bonds is 3. The Labute approximate surface area is 119 Å². The first kappa shape index (κ1) is 14.8. The quantitative estimate of drug-likeness (QED) is 0.792. The van der Waals surface area contributed by atoms with Gasteiger partial charge in [-0.2, -0.15) is 13.2 Å². The van der Waals surface area contributed by atoms with Crippen molar-refractivity contribution in [1.29, 1.82) is 0 Å². The Balaban J connectivity index is 2.45. The number of hydrogen-bond donors (Lipinski definition) is 0. The SMILES string of the molecule is CC(C)n1c(CCl)nnc1-c1ccc(C(F)(F)F)cc1. The lowest BCUT2D eigenvalue weighted by molar-refractivity contribution is -0.137. The molecule has 0 amide bonds. The van der Waals surface area contributed by atoms with Crippen LogP contribution in [0.1, 0.15) is 31.3 Å². The van der Waals surface area contributed by atoms with Gasteiger partial charge in [0.05, 0.1) is 11.4 Å². The van der Waals surface area contributed by atoms with Crippen molar-refractivity contribution in [2.24, 2.45) is 0 Å². The van der Waals surface area contributed by atoms with E-state index in [1.54, 1.807) is 0 Å². The molecule has 1 aromatic heterocycles. The van der Waals surface area contributed by atoms with Crippen molar-refractivity contribution in [3.8, 4) is 11.4 Å². The van der Waals surface area contributed by atoms with E-state index in [0.717, 1.165) is 12.1 Å². The molecule has 0 aliphatic rings. The third-order valence-corrected chi connectivity index (χ3v) is 3.11. The van der Waals surface area contributed by atoms with E-state index in [1.807, 2.05) is 18.4 Å². The maximum absolute atomic E-state index is 12.5. The molecule has 0 spiro atoms. The second-order valence-electron chi connectivity index (χ2n) is 4.61. The minimum absolute atomic E-state index is 0.0658. The molecule has 0 N–H and O–H groups in total. The van der Waals surface area contributed by atoms with Gasteiger partial charge in [0.2, 0.25) is 0 Å². The highest BCUT2D eigenvalue weighted by Gasteiger charge is 2.30. The minimum Gasteiger partial charge on any atom is -0.307 e. The molecule has 3 nitrogen and oxygen atoms in total. The fourth-order valence-corrected chi connectivity index (χ4v) is 2.14. The van der Waals surface area contributed by atoms with Gasteiger partial charge in [-0.3, -0.25) is 0 Å². The van der Waals surface area contributed by atoms with Gasteiger partial charge in [-0.05, 0) is 26.0 Å². The third kappa shape index (κ3) is 2.80. The second kappa shape index (κ2) is 5.44. The first-order valence-corrected chi connectivity index (χ1v) is 6.55. The van der Waals surface area contributed by atoms with Crippen LogP contribution in [0.15, 0.2) is 24.3 Å². The van der Waals surface area contributed by atoms with E-state index in [9.17, 15) is 13.2 Å². The first-order chi connectivity index (χ1) is 9.34. The van der Waals surface area contributed by atoms with Crippen molar-refractivity contribution in [3.05, 3.63) is 35.7 Å². The van der Waals surface area contributed by atoms with Gasteiger partial charge in [0, 0.05) is 11.6 Å². The van der Waals surface area contributed by atoms with Crippen molar-refractivity contribution in [1.82, 2.24) is 14.8 Å². The summed E-state index contributed by atoms with van der Waals surface area (Å²) in [7, 11) is 0. The van der Waals surface area contributed by atoms with Gasteiger partial charge >= 0.3 is 6.18 Å². The lowest BCUT2D eigenvalue weighted by atomic mass is 10.1. The molecule has 0 saturated carbocycles. The monoisotopic (exact) mass is 303 g/mol. The predicted octanol–water partition coefficient (Wildman–Crippen LogP) is 4.28. The standard InChI is InChI=1S/C13H13ClF3N3/c1-8(2)20-11(7-14)18-19-12(20)9-3-5-10(6-4-9)13(15,16)17/h3-6,8H,7H2,1-2H3. The largest absolute Gasteiger partial charge is 0.416 e. The molecule has 0 atom stereocenters. The molecule has 1 aromatic carbocycles. The van der Waals surface area contributed by atoms with Gasteiger partial charge in [-0.25, -0.2) is 0 Å². The molecule has 0 unspecified atom stereocenters. The molecular formula is C13H13ClF3N3. The van der Waals surface area contributed by atoms with Crippen LogP contribution in [0.3, 0.4) is 0 Å². The smallest absolute Gasteiger partial charge is 0.307 e. The molecule has 0 bridgehead atoms. The fourth-order valence-electron chi connectivity index (χ4n) is 1.96. The topological polar surface area (TPSA) is 30.7 Å². The van der Waals surface area contributed by atoms with Crippen molar-refractivity contribution >= 4 is 11.6 Å². The van der Waals surface area contributed by atoms with Crippen molar-refractivity contribution in [2.75, 3.05) is 0 Å². The van der Waals surface area contributed by atoms with Crippen molar-refractivity contribution < 1.29 is 13.2 Å². The Hall–Kier alpha value is -1.56. The number of aromatic nitrogens is 3. The number of halogens is 4. The lowest BCUT2D eigenvalue weighted by Crippen LogP contribution is -2.07. The molecule has 20 heavy (non-hydrogen) atoms. The molecule has 108 valence electrons. The summed E-state index contributed by atoms with van der Waals surface area (Å²) >= 11 is 5.79. The summed E-state index contributed by atoms with van der Waals surface area (Å²) in [4.78, 5) is 0. The molecule has 2 aromatic rings. The summed E-state index contributed by atoms with van der Waals surface area (Å²) in [5, 5.41) is 7.98. The molecule has 7 heteroatoms. The average molecular weight is 304 g/mol. The van der Waals surface area contributed by atoms with Gasteiger partial charge in [0.25, 0.3) is 0 Å². The third-order valence-electron chi connectivity index (χ3n) is 2.87. The molecule has 0 aliphatic carbocycles. The number of hydrogen-bond acceptors (Lipinski definition) is 2. The first-order valence-electron chi connectivity index (χ1n) is 6.02. The zero-order valence-electron chi connectivity index (χ0n) is 10.9. The van der Waals surface area contributed by atoms with E-state index in [2.05, 4.69) is 10.2 Å². The maximum Gasteiger partial charge on any atom is 0.416 e. The number of alkyl halides is 4. The highest BCUT2D eigenvalue weighted by Crippen LogP contribution is 2.31. The number of nitrogens with zero attached hydrogens (tertiary/aromatic N) is 3. The Kier molecular flexibility index (Phi) is 4.04. The van der Waals surface area contributed by atoms with Crippen molar-refractivity contribution in [3.63, 3.8) is 0 Å². The molecule has 0 aliphatic heterocycles. The van der Waals surface area contributed by atoms with E-state index in [-0.39, 0.29) is 11.9 Å². The van der Waals surface area contributed by atoms with Gasteiger partial charge < -0.3 is 4.57 Å². The van der Waals surface area contributed by atoms with E-state index in [1.165, 1.54) is 12.1 Å². The van der Waals surface area contributed by atoms with E-state index in [0.29, 0.717) is 17.2 Å². The molecule has 0 radical (unpaired) electrons. The summed E-state index contributed by atoms with van der Waals surface area (Å²) in [5.41, 5.74) is -0.106. The molecule has 0 saturated heterocycles. The van der Waals surface area contributed by atoms with Crippen LogP contribution in [-0.2, 0) is 12.1 Å². The average Bonchev–Trinajstić information content (AvgIpc) is 2.81. The van der Waals surface area contributed by atoms with Crippen LogP contribution in [0.4, 0.5) is 13.2 Å². The van der Waals surface area contributed by atoms with Crippen LogP contribution >= 0.6 is 11.6 Å². The number of benzene rings is 1. The van der Waals surface area contributed by atoms with E-state index < -0.39 is 11.7 Å². The minimum atomic E-state index is -4.34. The molecular weight excluding hydrogens is 291 g/mol. The Morgan fingerprint density at radius 2 is 1.75 bits per heavy atom. The van der Waals surface area contributed by atoms with Gasteiger partial charge in [-0.1, -0.05) is 12.1 Å². The predicted molar refractivity (Wildman–Crippen MR) is 70.4 cm³/mol. The van der Waals surface area contributed by atoms with Gasteiger partial charge in [0.15, 0.2) is 5.82 Å². The zero-order valence-corrected chi connectivity index (χ0v) is 11.7.